The summed E-state index contributed by atoms with van der Waals surface area (Å²) in [6, 6.07) is 18.1. The Hall–Kier alpha value is -2.16. The Balaban J connectivity index is 1.58. The number of hydrogen-bond acceptors (Lipinski definition) is 4. The van der Waals surface area contributed by atoms with Crippen LogP contribution in [-0.2, 0) is 14.3 Å². The molecule has 124 valence electrons. The molecule has 4 nitrogen and oxygen atoms in total. The molecule has 0 saturated heterocycles. The zero-order chi connectivity index (χ0) is 17.2. The zero-order valence-electron chi connectivity index (χ0n) is 13.5. The van der Waals surface area contributed by atoms with Gasteiger partial charge in [-0.25, -0.2) is 0 Å². The smallest absolute Gasteiger partial charge is 0.264 e. The lowest BCUT2D eigenvalue weighted by atomic mass is 10.0. The van der Waals surface area contributed by atoms with Crippen molar-refractivity contribution in [1.82, 2.24) is 0 Å². The van der Waals surface area contributed by atoms with E-state index in [4.69, 9.17) is 9.44 Å². The fourth-order valence-corrected chi connectivity index (χ4v) is 3.38. The summed E-state index contributed by atoms with van der Waals surface area (Å²) in [6.07, 6.45) is 2.94. The van der Waals surface area contributed by atoms with Crippen molar-refractivity contribution in [3.8, 4) is 17.2 Å². The van der Waals surface area contributed by atoms with Gasteiger partial charge in [-0.1, -0.05) is 36.4 Å². The predicted octanol–water partition coefficient (Wildman–Crippen LogP) is 3.70. The SMILES string of the molecule is CS(=O)(=O)OCCC1CC1c1ccc(-c2ccc(C#N)cc2)cc1. The first-order valence-electron chi connectivity index (χ1n) is 7.91. The fraction of sp³-hybridized carbons (Fsp3) is 0.316. The Morgan fingerprint density at radius 3 is 2.21 bits per heavy atom. The number of hydrogen-bond donors (Lipinski definition) is 0. The molecule has 1 saturated carbocycles. The maximum absolute atomic E-state index is 11.0. The Labute approximate surface area is 142 Å². The third-order valence-electron chi connectivity index (χ3n) is 4.39. The molecule has 0 aromatic heterocycles. The van der Waals surface area contributed by atoms with Crippen LogP contribution in [0.25, 0.3) is 11.1 Å². The van der Waals surface area contributed by atoms with Crippen molar-refractivity contribution in [2.45, 2.75) is 18.8 Å². The topological polar surface area (TPSA) is 67.2 Å². The van der Waals surface area contributed by atoms with E-state index < -0.39 is 10.1 Å². The summed E-state index contributed by atoms with van der Waals surface area (Å²) in [5.41, 5.74) is 4.17. The van der Waals surface area contributed by atoms with Gasteiger partial charge in [0, 0.05) is 0 Å². The number of nitriles is 1. The van der Waals surface area contributed by atoms with Crippen molar-refractivity contribution in [2.24, 2.45) is 5.92 Å². The Kier molecular flexibility index (Phi) is 4.70. The largest absolute Gasteiger partial charge is 0.270 e. The normalized spacial score (nSPS) is 19.7. The van der Waals surface area contributed by atoms with Crippen LogP contribution < -0.4 is 0 Å². The second kappa shape index (κ2) is 6.76. The van der Waals surface area contributed by atoms with Crippen molar-refractivity contribution in [1.29, 1.82) is 5.26 Å². The van der Waals surface area contributed by atoms with Crippen LogP contribution in [0.1, 0.15) is 29.9 Å². The molecule has 1 aliphatic rings. The van der Waals surface area contributed by atoms with Crippen LogP contribution >= 0.6 is 0 Å². The lowest BCUT2D eigenvalue weighted by Crippen LogP contribution is -2.04. The Morgan fingerprint density at radius 2 is 1.67 bits per heavy atom. The molecule has 2 atom stereocenters. The molecule has 0 heterocycles. The maximum atomic E-state index is 11.0. The average Bonchev–Trinajstić information content (AvgIpc) is 3.33. The van der Waals surface area contributed by atoms with Crippen LogP contribution in [0.2, 0.25) is 0 Å². The number of rotatable bonds is 6. The highest BCUT2D eigenvalue weighted by molar-refractivity contribution is 7.85. The van der Waals surface area contributed by atoms with E-state index in [-0.39, 0.29) is 6.61 Å². The monoisotopic (exact) mass is 341 g/mol. The molecule has 0 radical (unpaired) electrons. The first kappa shape index (κ1) is 16.7. The van der Waals surface area contributed by atoms with Crippen molar-refractivity contribution >= 4 is 10.1 Å². The average molecular weight is 341 g/mol. The molecule has 0 amide bonds. The second-order valence-electron chi connectivity index (χ2n) is 6.23. The standard InChI is InChI=1S/C19H19NO3S/c1-24(21,22)23-11-10-18-12-19(18)17-8-6-16(7-9-17)15-4-2-14(13-20)3-5-15/h2-9,18-19H,10-12H2,1H3. The summed E-state index contributed by atoms with van der Waals surface area (Å²) in [5, 5.41) is 8.84. The number of nitrogens with zero attached hydrogens (tertiary/aromatic N) is 1. The Morgan fingerprint density at radius 1 is 1.08 bits per heavy atom. The predicted molar refractivity (Wildman–Crippen MR) is 92.9 cm³/mol. The van der Waals surface area contributed by atoms with Crippen LogP contribution in [0.3, 0.4) is 0 Å². The molecule has 5 heteroatoms. The highest BCUT2D eigenvalue weighted by Gasteiger charge is 2.37. The molecule has 1 fully saturated rings. The van der Waals surface area contributed by atoms with Crippen LogP contribution in [0.5, 0.6) is 0 Å². The molecule has 0 N–H and O–H groups in total. The van der Waals surface area contributed by atoms with Gasteiger partial charge in [0.1, 0.15) is 0 Å². The summed E-state index contributed by atoms with van der Waals surface area (Å²) < 4.78 is 26.7. The van der Waals surface area contributed by atoms with E-state index >= 15 is 0 Å². The van der Waals surface area contributed by atoms with Crippen LogP contribution in [-0.4, -0.2) is 21.3 Å². The third kappa shape index (κ3) is 4.22. The lowest BCUT2D eigenvalue weighted by molar-refractivity contribution is 0.307. The van der Waals surface area contributed by atoms with Crippen molar-refractivity contribution in [2.75, 3.05) is 12.9 Å². The van der Waals surface area contributed by atoms with Gasteiger partial charge in [0.2, 0.25) is 0 Å². The first-order valence-corrected chi connectivity index (χ1v) is 9.73. The highest BCUT2D eigenvalue weighted by Crippen LogP contribution is 2.49. The summed E-state index contributed by atoms with van der Waals surface area (Å²) in [7, 11) is -3.34. The van der Waals surface area contributed by atoms with Crippen LogP contribution in [0, 0.1) is 17.2 Å². The van der Waals surface area contributed by atoms with Gasteiger partial charge in [0.25, 0.3) is 10.1 Å². The van der Waals surface area contributed by atoms with Gasteiger partial charge in [-0.15, -0.1) is 0 Å². The molecular formula is C19H19NO3S. The Bertz CT molecular complexity index is 849. The lowest BCUT2D eigenvalue weighted by Gasteiger charge is -2.05. The van der Waals surface area contributed by atoms with E-state index in [1.54, 1.807) is 0 Å². The molecule has 24 heavy (non-hydrogen) atoms. The molecule has 0 aliphatic heterocycles. The molecule has 2 aromatic carbocycles. The van der Waals surface area contributed by atoms with Gasteiger partial charge >= 0.3 is 0 Å². The van der Waals surface area contributed by atoms with Gasteiger partial charge in [0.15, 0.2) is 0 Å². The molecule has 3 rings (SSSR count). The summed E-state index contributed by atoms with van der Waals surface area (Å²) in [4.78, 5) is 0. The number of benzene rings is 2. The minimum Gasteiger partial charge on any atom is -0.270 e. The van der Waals surface area contributed by atoms with Crippen LogP contribution in [0.15, 0.2) is 48.5 Å². The van der Waals surface area contributed by atoms with E-state index in [0.717, 1.165) is 30.2 Å². The van der Waals surface area contributed by atoms with Gasteiger partial charge in [-0.3, -0.25) is 4.18 Å². The van der Waals surface area contributed by atoms with Gasteiger partial charge < -0.3 is 0 Å². The quantitative estimate of drug-likeness (QED) is 0.752. The molecule has 2 unspecified atom stereocenters. The molecule has 2 aromatic rings. The van der Waals surface area contributed by atoms with E-state index in [1.807, 2.05) is 24.3 Å². The first-order chi connectivity index (χ1) is 11.5. The molecular weight excluding hydrogens is 322 g/mol. The van der Waals surface area contributed by atoms with Crippen molar-refractivity contribution in [3.05, 3.63) is 59.7 Å². The van der Waals surface area contributed by atoms with Crippen molar-refractivity contribution < 1.29 is 12.6 Å². The molecule has 0 bridgehead atoms. The highest BCUT2D eigenvalue weighted by atomic mass is 32.2. The minimum atomic E-state index is -3.34. The van der Waals surface area contributed by atoms with E-state index in [1.165, 1.54) is 5.56 Å². The van der Waals surface area contributed by atoms with E-state index in [2.05, 4.69) is 30.3 Å². The summed E-state index contributed by atoms with van der Waals surface area (Å²) in [5.74, 6) is 1.01. The van der Waals surface area contributed by atoms with Crippen molar-refractivity contribution in [3.63, 3.8) is 0 Å². The zero-order valence-corrected chi connectivity index (χ0v) is 14.3. The second-order valence-corrected chi connectivity index (χ2v) is 7.87. The minimum absolute atomic E-state index is 0.267. The van der Waals surface area contributed by atoms with Gasteiger partial charge in [-0.05, 0) is 53.5 Å². The van der Waals surface area contributed by atoms with Crippen LogP contribution in [0.4, 0.5) is 0 Å². The van der Waals surface area contributed by atoms with E-state index in [9.17, 15) is 8.42 Å². The summed E-state index contributed by atoms with van der Waals surface area (Å²) in [6.45, 7) is 0.267. The maximum Gasteiger partial charge on any atom is 0.264 e. The summed E-state index contributed by atoms with van der Waals surface area (Å²) >= 11 is 0. The van der Waals surface area contributed by atoms with Gasteiger partial charge in [0.05, 0.1) is 24.5 Å². The van der Waals surface area contributed by atoms with Gasteiger partial charge in [-0.2, -0.15) is 13.7 Å². The molecule has 1 aliphatic carbocycles. The third-order valence-corrected chi connectivity index (χ3v) is 4.99. The molecule has 0 spiro atoms. The fourth-order valence-electron chi connectivity index (χ4n) is 2.99. The van der Waals surface area contributed by atoms with E-state index in [0.29, 0.717) is 17.4 Å².